The van der Waals surface area contributed by atoms with Crippen molar-refractivity contribution in [1.82, 2.24) is 9.80 Å². The number of carbonyl (C=O) groups is 2. The molecular formula is C17H15N3O7S2. The van der Waals surface area contributed by atoms with E-state index in [0.717, 1.165) is 16.2 Å². The largest absolute Gasteiger partial charge is 0.504 e. The van der Waals surface area contributed by atoms with E-state index < -0.39 is 22.0 Å². The Labute approximate surface area is 169 Å². The molecule has 1 fully saturated rings. The molecule has 12 heteroatoms. The third-order valence-electron chi connectivity index (χ3n) is 4.23. The van der Waals surface area contributed by atoms with Crippen molar-refractivity contribution in [3.63, 3.8) is 0 Å². The summed E-state index contributed by atoms with van der Waals surface area (Å²) in [4.78, 5) is 26.0. The molecule has 1 aromatic heterocycles. The Kier molecular flexibility index (Phi) is 4.59. The Balaban J connectivity index is 1.71. The second-order valence-corrected chi connectivity index (χ2v) is 9.04. The first kappa shape index (κ1) is 19.1. The van der Waals surface area contributed by atoms with Gasteiger partial charge in [-0.2, -0.15) is 0 Å². The van der Waals surface area contributed by atoms with Crippen LogP contribution in [0.15, 0.2) is 34.0 Å². The Morgan fingerprint density at radius 1 is 1.28 bits per heavy atom. The van der Waals surface area contributed by atoms with Gasteiger partial charge in [0.2, 0.25) is 12.5 Å². The molecule has 3 heterocycles. The van der Waals surface area contributed by atoms with Gasteiger partial charge in [-0.15, -0.1) is 11.3 Å². The van der Waals surface area contributed by atoms with Gasteiger partial charge >= 0.3 is 6.03 Å². The first-order valence-corrected chi connectivity index (χ1v) is 10.6. The lowest BCUT2D eigenvalue weighted by molar-refractivity contribution is -0.123. The summed E-state index contributed by atoms with van der Waals surface area (Å²) in [6.07, 6.45) is 2.53. The maximum atomic E-state index is 12.6. The van der Waals surface area contributed by atoms with Gasteiger partial charge in [-0.05, 0) is 23.6 Å². The maximum absolute atomic E-state index is 12.6. The zero-order valence-electron chi connectivity index (χ0n) is 15.0. The number of phenolic OH excluding ortho intramolecular Hbond substituents is 1. The van der Waals surface area contributed by atoms with Crippen LogP contribution in [0.4, 0.5) is 10.5 Å². The zero-order valence-corrected chi connectivity index (χ0v) is 16.6. The molecular weight excluding hydrogens is 422 g/mol. The normalized spacial score (nSPS) is 16.3. The van der Waals surface area contributed by atoms with Crippen molar-refractivity contribution in [3.8, 4) is 17.2 Å². The lowest BCUT2D eigenvalue weighted by atomic mass is 10.1. The van der Waals surface area contributed by atoms with Crippen LogP contribution in [0.2, 0.25) is 0 Å². The number of thiophene rings is 1. The number of nitrogens with zero attached hydrogens (tertiary/aromatic N) is 2. The lowest BCUT2D eigenvalue weighted by Crippen LogP contribution is -2.26. The number of fused-ring (bicyclic) bond motifs is 1. The number of hydrogen-bond acceptors (Lipinski definition) is 8. The van der Waals surface area contributed by atoms with Gasteiger partial charge in [-0.25, -0.2) is 18.1 Å². The highest BCUT2D eigenvalue weighted by molar-refractivity contribution is 7.94. The zero-order chi connectivity index (χ0) is 20.8. The maximum Gasteiger partial charge on any atom is 0.331 e. The molecule has 1 saturated heterocycles. The van der Waals surface area contributed by atoms with Gasteiger partial charge in [0, 0.05) is 18.8 Å². The highest BCUT2D eigenvalue weighted by atomic mass is 32.2. The molecule has 0 bridgehead atoms. The average molecular weight is 437 g/mol. The summed E-state index contributed by atoms with van der Waals surface area (Å²) in [6, 6.07) is 3.88. The lowest BCUT2D eigenvalue weighted by Gasteiger charge is -2.13. The van der Waals surface area contributed by atoms with Gasteiger partial charge in [0.1, 0.15) is 10.8 Å². The number of amides is 3. The fraction of sp³-hybridized carbons (Fsp3) is 0.176. The summed E-state index contributed by atoms with van der Waals surface area (Å²) in [5, 5.41) is 12.1. The first-order valence-electron chi connectivity index (χ1n) is 8.25. The Morgan fingerprint density at radius 2 is 2.03 bits per heavy atom. The van der Waals surface area contributed by atoms with Crippen LogP contribution in [0, 0.1) is 0 Å². The van der Waals surface area contributed by atoms with E-state index in [9.17, 15) is 23.1 Å². The van der Waals surface area contributed by atoms with E-state index in [1.165, 1.54) is 36.4 Å². The first-order chi connectivity index (χ1) is 13.8. The summed E-state index contributed by atoms with van der Waals surface area (Å²) in [7, 11) is -2.39. The van der Waals surface area contributed by atoms with E-state index >= 15 is 0 Å². The number of hydrogen-bond donors (Lipinski definition) is 2. The standard InChI is InChI=1S/C17H15N3O7S2/c1-19-8-12(21)20(17(19)23)5-4-10-7-11(15-16(14(10)22)27-9-26-15)18-29(24,25)13-3-2-6-28-13/h2-7,18,22H,8-9H2,1H3. The van der Waals surface area contributed by atoms with E-state index in [1.807, 2.05) is 0 Å². The SMILES string of the molecule is CN1CC(=O)N(C=Cc2cc(NS(=O)(=O)c3cccs3)c3c(c2O)OCO3)C1=O. The molecule has 2 aromatic rings. The smallest absolute Gasteiger partial charge is 0.331 e. The predicted molar refractivity (Wildman–Crippen MR) is 103 cm³/mol. The van der Waals surface area contributed by atoms with Crippen molar-refractivity contribution in [2.45, 2.75) is 4.21 Å². The number of urea groups is 1. The number of aromatic hydroxyl groups is 1. The van der Waals surface area contributed by atoms with E-state index in [-0.39, 0.29) is 46.0 Å². The third-order valence-corrected chi connectivity index (χ3v) is 6.99. The number of nitrogens with one attached hydrogen (secondary N) is 1. The summed E-state index contributed by atoms with van der Waals surface area (Å²) in [5.74, 6) is -0.715. The Bertz CT molecular complexity index is 1130. The Morgan fingerprint density at radius 3 is 2.69 bits per heavy atom. The van der Waals surface area contributed by atoms with E-state index in [1.54, 1.807) is 11.4 Å². The van der Waals surface area contributed by atoms with E-state index in [4.69, 9.17) is 9.47 Å². The monoisotopic (exact) mass is 437 g/mol. The number of anilines is 1. The predicted octanol–water partition coefficient (Wildman–Crippen LogP) is 1.85. The van der Waals surface area contributed by atoms with Crippen LogP contribution in [0.25, 0.3) is 6.08 Å². The minimum absolute atomic E-state index is 0.0350. The number of ether oxygens (including phenoxy) is 2. The van der Waals surface area contributed by atoms with Crippen LogP contribution >= 0.6 is 11.3 Å². The van der Waals surface area contributed by atoms with E-state index in [2.05, 4.69) is 4.72 Å². The van der Waals surface area contributed by atoms with Crippen LogP contribution in [-0.4, -0.2) is 55.6 Å². The van der Waals surface area contributed by atoms with Gasteiger partial charge in [0.05, 0.1) is 5.69 Å². The van der Waals surface area contributed by atoms with Crippen LogP contribution in [0.1, 0.15) is 5.56 Å². The number of phenols is 1. The molecule has 2 aliphatic heterocycles. The van der Waals surface area contributed by atoms with Crippen LogP contribution in [-0.2, 0) is 14.8 Å². The molecule has 0 unspecified atom stereocenters. The van der Waals surface area contributed by atoms with Crippen LogP contribution in [0.3, 0.4) is 0 Å². The molecule has 0 atom stereocenters. The second kappa shape index (κ2) is 6.97. The quantitative estimate of drug-likeness (QED) is 0.540. The van der Waals surface area contributed by atoms with Gasteiger partial charge in [-0.1, -0.05) is 6.07 Å². The summed E-state index contributed by atoms with van der Waals surface area (Å²) in [6.45, 7) is -0.250. The molecule has 0 radical (unpaired) electrons. The molecule has 152 valence electrons. The molecule has 2 N–H and O–H groups in total. The van der Waals surface area contributed by atoms with Crippen LogP contribution in [0.5, 0.6) is 17.2 Å². The number of likely N-dealkylation sites (N-methyl/N-ethyl adjacent to an activating group) is 1. The Hall–Kier alpha value is -3.25. The average Bonchev–Trinajstić information content (AvgIpc) is 3.40. The van der Waals surface area contributed by atoms with E-state index in [0.29, 0.717) is 0 Å². The van der Waals surface area contributed by atoms with Crippen molar-refractivity contribution >= 4 is 45.1 Å². The molecule has 29 heavy (non-hydrogen) atoms. The molecule has 10 nitrogen and oxygen atoms in total. The highest BCUT2D eigenvalue weighted by Crippen LogP contribution is 2.48. The van der Waals surface area contributed by atoms with Crippen molar-refractivity contribution in [1.29, 1.82) is 0 Å². The molecule has 4 rings (SSSR count). The number of rotatable bonds is 5. The van der Waals surface area contributed by atoms with Crippen molar-refractivity contribution in [2.75, 3.05) is 25.1 Å². The number of benzene rings is 1. The minimum atomic E-state index is -3.87. The fourth-order valence-electron chi connectivity index (χ4n) is 2.83. The number of carbonyl (C=O) groups excluding carboxylic acids is 2. The molecule has 1 aromatic carbocycles. The third kappa shape index (κ3) is 3.36. The molecule has 0 spiro atoms. The fourth-order valence-corrected chi connectivity index (χ4v) is 4.87. The van der Waals surface area contributed by atoms with Gasteiger partial charge < -0.3 is 19.5 Å². The molecule has 0 saturated carbocycles. The minimum Gasteiger partial charge on any atom is -0.504 e. The van der Waals surface area contributed by atoms with Crippen molar-refractivity contribution in [2.24, 2.45) is 0 Å². The summed E-state index contributed by atoms with van der Waals surface area (Å²) >= 11 is 1.05. The van der Waals surface area contributed by atoms with Gasteiger partial charge in [-0.3, -0.25) is 9.52 Å². The van der Waals surface area contributed by atoms with Gasteiger partial charge in [0.15, 0.2) is 11.5 Å². The van der Waals surface area contributed by atoms with Gasteiger partial charge in [0.25, 0.3) is 15.9 Å². The van der Waals surface area contributed by atoms with Crippen molar-refractivity contribution in [3.05, 3.63) is 35.3 Å². The molecule has 0 aliphatic carbocycles. The number of imide groups is 1. The summed E-state index contributed by atoms with van der Waals surface area (Å²) in [5.41, 5.74) is 0.188. The summed E-state index contributed by atoms with van der Waals surface area (Å²) < 4.78 is 38.2. The molecule has 2 aliphatic rings. The van der Waals surface area contributed by atoms with Crippen LogP contribution < -0.4 is 14.2 Å². The highest BCUT2D eigenvalue weighted by Gasteiger charge is 2.32. The number of sulfonamides is 1. The van der Waals surface area contributed by atoms with Crippen molar-refractivity contribution < 1.29 is 32.6 Å². The topological polar surface area (TPSA) is 125 Å². The second-order valence-electron chi connectivity index (χ2n) is 6.18. The molecule has 3 amide bonds.